The molecule has 0 spiro atoms. The molecule has 0 nitrogen and oxygen atoms in total. The van der Waals surface area contributed by atoms with Crippen LogP contribution in [0.2, 0.25) is 0 Å². The lowest BCUT2D eigenvalue weighted by Crippen LogP contribution is -2.15. The zero-order valence-corrected chi connectivity index (χ0v) is 11.5. The van der Waals surface area contributed by atoms with E-state index in [1.165, 1.54) is 15.9 Å². The third-order valence-electron chi connectivity index (χ3n) is 2.91. The van der Waals surface area contributed by atoms with Crippen molar-refractivity contribution in [3.05, 3.63) is 78.0 Å². The summed E-state index contributed by atoms with van der Waals surface area (Å²) in [5.41, 5.74) is 1.41. The summed E-state index contributed by atoms with van der Waals surface area (Å²) < 4.78 is 0. The van der Waals surface area contributed by atoms with Crippen molar-refractivity contribution in [3.8, 4) is 0 Å². The lowest BCUT2D eigenvalue weighted by atomic mass is 10.1. The molecule has 0 bridgehead atoms. The van der Waals surface area contributed by atoms with E-state index < -0.39 is 0 Å². The van der Waals surface area contributed by atoms with Gasteiger partial charge in [-0.1, -0.05) is 71.0 Å². The van der Waals surface area contributed by atoms with Gasteiger partial charge in [-0.05, 0) is 18.4 Å². The van der Waals surface area contributed by atoms with Gasteiger partial charge in [-0.15, -0.1) is 6.58 Å². The largest absolute Gasteiger partial charge is 0.104 e. The number of hydrogen-bond donors (Lipinski definition) is 0. The van der Waals surface area contributed by atoms with Gasteiger partial charge in [0.05, 0.1) is 9.52 Å². The number of allylic oxidation sites excluding steroid dienone is 1. The standard InChI is InChI=1S/C16H18Si/c1-14(17-16-10-6-3-7-11-16)12-13-15-8-4-2-5-9-15/h2-11H,1,12-13,17H2. The summed E-state index contributed by atoms with van der Waals surface area (Å²) in [6.45, 7) is 4.23. The predicted octanol–water partition coefficient (Wildman–Crippen LogP) is 2.63. The first-order valence-corrected chi connectivity index (χ1v) is 7.50. The van der Waals surface area contributed by atoms with Crippen LogP contribution in [0, 0.1) is 0 Å². The zero-order valence-electron chi connectivity index (χ0n) is 10.1. The van der Waals surface area contributed by atoms with Gasteiger partial charge in [0.1, 0.15) is 0 Å². The molecule has 0 aromatic heterocycles. The molecule has 0 saturated heterocycles. The molecule has 0 heterocycles. The van der Waals surface area contributed by atoms with Crippen molar-refractivity contribution in [2.24, 2.45) is 0 Å². The molecule has 2 aromatic carbocycles. The molecule has 86 valence electrons. The minimum atomic E-state index is -0.297. The fourth-order valence-corrected chi connectivity index (χ4v) is 3.38. The topological polar surface area (TPSA) is 0 Å². The minimum Gasteiger partial charge on any atom is -0.104 e. The van der Waals surface area contributed by atoms with E-state index in [9.17, 15) is 0 Å². The maximum Gasteiger partial charge on any atom is 0.0816 e. The van der Waals surface area contributed by atoms with Crippen molar-refractivity contribution in [1.29, 1.82) is 0 Å². The first-order valence-electron chi connectivity index (χ1n) is 6.09. The molecule has 0 saturated carbocycles. The Labute approximate surface area is 106 Å². The van der Waals surface area contributed by atoms with Crippen LogP contribution in [-0.2, 0) is 6.42 Å². The highest BCUT2D eigenvalue weighted by Crippen LogP contribution is 2.06. The summed E-state index contributed by atoms with van der Waals surface area (Å²) in [4.78, 5) is 0. The molecule has 2 aromatic rings. The lowest BCUT2D eigenvalue weighted by Gasteiger charge is -2.05. The normalized spacial score (nSPS) is 10.8. The van der Waals surface area contributed by atoms with Crippen molar-refractivity contribution in [3.63, 3.8) is 0 Å². The van der Waals surface area contributed by atoms with Crippen LogP contribution in [0.5, 0.6) is 0 Å². The van der Waals surface area contributed by atoms with E-state index in [-0.39, 0.29) is 9.52 Å². The third kappa shape index (κ3) is 4.04. The Morgan fingerprint density at radius 2 is 1.47 bits per heavy atom. The van der Waals surface area contributed by atoms with Gasteiger partial charge < -0.3 is 0 Å². The molecule has 17 heavy (non-hydrogen) atoms. The summed E-state index contributed by atoms with van der Waals surface area (Å²) in [7, 11) is -0.297. The van der Waals surface area contributed by atoms with E-state index in [0.29, 0.717) is 0 Å². The summed E-state index contributed by atoms with van der Waals surface area (Å²) in [6, 6.07) is 21.4. The lowest BCUT2D eigenvalue weighted by molar-refractivity contribution is 0.987. The fraction of sp³-hybridized carbons (Fsp3) is 0.125. The Morgan fingerprint density at radius 3 is 2.12 bits per heavy atom. The highest BCUT2D eigenvalue weighted by atomic mass is 28.2. The quantitative estimate of drug-likeness (QED) is 0.703. The number of benzene rings is 2. The molecule has 0 radical (unpaired) electrons. The van der Waals surface area contributed by atoms with E-state index >= 15 is 0 Å². The van der Waals surface area contributed by atoms with Crippen molar-refractivity contribution in [1.82, 2.24) is 0 Å². The van der Waals surface area contributed by atoms with E-state index in [0.717, 1.165) is 12.8 Å². The average Bonchev–Trinajstić information content (AvgIpc) is 2.39. The minimum absolute atomic E-state index is 0.297. The van der Waals surface area contributed by atoms with Crippen molar-refractivity contribution in [2.45, 2.75) is 12.8 Å². The molecule has 0 amide bonds. The Balaban J connectivity index is 1.83. The van der Waals surface area contributed by atoms with E-state index in [4.69, 9.17) is 0 Å². The Hall–Kier alpha value is -1.60. The molecule has 0 unspecified atom stereocenters. The van der Waals surface area contributed by atoms with Crippen molar-refractivity contribution < 1.29 is 0 Å². The molecule has 0 aliphatic carbocycles. The number of hydrogen-bond acceptors (Lipinski definition) is 0. The van der Waals surface area contributed by atoms with E-state index in [2.05, 4.69) is 67.2 Å². The molecule has 0 N–H and O–H groups in total. The Bertz CT molecular complexity index is 459. The fourth-order valence-electron chi connectivity index (χ4n) is 1.94. The van der Waals surface area contributed by atoms with Gasteiger partial charge in [-0.3, -0.25) is 0 Å². The van der Waals surface area contributed by atoms with E-state index in [1.807, 2.05) is 0 Å². The summed E-state index contributed by atoms with van der Waals surface area (Å²) in [5, 5.41) is 2.94. The zero-order chi connectivity index (χ0) is 11.9. The SMILES string of the molecule is C=C(CCc1ccccc1)[SiH2]c1ccccc1. The van der Waals surface area contributed by atoms with Crippen molar-refractivity contribution >= 4 is 14.7 Å². The monoisotopic (exact) mass is 238 g/mol. The molecule has 0 fully saturated rings. The molecular weight excluding hydrogens is 220 g/mol. The van der Waals surface area contributed by atoms with Crippen molar-refractivity contribution in [2.75, 3.05) is 0 Å². The summed E-state index contributed by atoms with van der Waals surface area (Å²) in [6.07, 6.45) is 2.25. The third-order valence-corrected chi connectivity index (χ3v) is 4.64. The van der Waals surface area contributed by atoms with Gasteiger partial charge in [-0.2, -0.15) is 0 Å². The van der Waals surface area contributed by atoms with Gasteiger partial charge in [0, 0.05) is 0 Å². The molecule has 0 aliphatic rings. The van der Waals surface area contributed by atoms with E-state index in [1.54, 1.807) is 0 Å². The summed E-state index contributed by atoms with van der Waals surface area (Å²) >= 11 is 0. The number of aryl methyl sites for hydroxylation is 1. The average molecular weight is 238 g/mol. The molecule has 0 atom stereocenters. The molecule has 1 heteroatoms. The molecule has 0 aliphatic heterocycles. The Morgan fingerprint density at radius 1 is 0.882 bits per heavy atom. The van der Waals surface area contributed by atoms with Crippen LogP contribution in [0.4, 0.5) is 0 Å². The van der Waals surface area contributed by atoms with Crippen LogP contribution >= 0.6 is 0 Å². The van der Waals surface area contributed by atoms with Gasteiger partial charge >= 0.3 is 0 Å². The van der Waals surface area contributed by atoms with Crippen LogP contribution in [0.25, 0.3) is 0 Å². The van der Waals surface area contributed by atoms with Crippen LogP contribution in [0.1, 0.15) is 12.0 Å². The molecule has 2 rings (SSSR count). The second kappa shape index (κ2) is 6.21. The molecular formula is C16H18Si. The van der Waals surface area contributed by atoms with Crippen LogP contribution in [-0.4, -0.2) is 9.52 Å². The summed E-state index contributed by atoms with van der Waals surface area (Å²) in [5.74, 6) is 0. The predicted molar refractivity (Wildman–Crippen MR) is 78.5 cm³/mol. The van der Waals surface area contributed by atoms with Crippen LogP contribution in [0.3, 0.4) is 0 Å². The van der Waals surface area contributed by atoms with Crippen LogP contribution < -0.4 is 5.19 Å². The number of rotatable bonds is 5. The van der Waals surface area contributed by atoms with Gasteiger partial charge in [0.15, 0.2) is 0 Å². The smallest absolute Gasteiger partial charge is 0.0816 e. The Kier molecular flexibility index (Phi) is 4.34. The highest BCUT2D eigenvalue weighted by molar-refractivity contribution is 6.60. The van der Waals surface area contributed by atoms with Gasteiger partial charge in [0.2, 0.25) is 0 Å². The van der Waals surface area contributed by atoms with Gasteiger partial charge in [-0.25, -0.2) is 0 Å². The van der Waals surface area contributed by atoms with Gasteiger partial charge in [0.25, 0.3) is 0 Å². The second-order valence-corrected chi connectivity index (χ2v) is 6.57. The first kappa shape index (κ1) is 11.9. The second-order valence-electron chi connectivity index (χ2n) is 4.40. The maximum atomic E-state index is 4.23. The maximum absolute atomic E-state index is 4.23. The first-order chi connectivity index (χ1) is 8.34. The van der Waals surface area contributed by atoms with Crippen LogP contribution in [0.15, 0.2) is 72.4 Å². The highest BCUT2D eigenvalue weighted by Gasteiger charge is 1.99.